The first-order chi connectivity index (χ1) is 9.21. The summed E-state index contributed by atoms with van der Waals surface area (Å²) >= 11 is 0. The molecule has 114 valence electrons. The summed E-state index contributed by atoms with van der Waals surface area (Å²) in [6.07, 6.45) is 11.2. The lowest BCUT2D eigenvalue weighted by atomic mass is 9.75. The summed E-state index contributed by atoms with van der Waals surface area (Å²) in [7, 11) is 1.83. The molecule has 0 aromatic carbocycles. The fourth-order valence-corrected chi connectivity index (χ4v) is 3.44. The molecule has 1 N–H and O–H groups in total. The Morgan fingerprint density at radius 2 is 2.00 bits per heavy atom. The molecule has 4 unspecified atom stereocenters. The number of rotatable bonds is 9. The van der Waals surface area contributed by atoms with Gasteiger partial charge < -0.3 is 10.1 Å². The number of methoxy groups -OCH3 is 1. The minimum atomic E-state index is 0.400. The Balaban J connectivity index is 2.46. The van der Waals surface area contributed by atoms with E-state index in [2.05, 4.69) is 26.1 Å². The largest absolute Gasteiger partial charge is 0.382 e. The lowest BCUT2D eigenvalue weighted by Gasteiger charge is -2.35. The van der Waals surface area contributed by atoms with Crippen molar-refractivity contribution in [2.75, 3.05) is 13.7 Å². The Morgan fingerprint density at radius 1 is 1.21 bits per heavy atom. The summed E-state index contributed by atoms with van der Waals surface area (Å²) in [5.74, 6) is 1.87. The molecule has 19 heavy (non-hydrogen) atoms. The normalized spacial score (nSPS) is 27.2. The van der Waals surface area contributed by atoms with Gasteiger partial charge in [0.2, 0.25) is 0 Å². The van der Waals surface area contributed by atoms with Gasteiger partial charge in [0, 0.05) is 13.2 Å². The summed E-state index contributed by atoms with van der Waals surface area (Å²) in [6.45, 7) is 7.97. The van der Waals surface area contributed by atoms with Crippen LogP contribution in [0.15, 0.2) is 0 Å². The number of nitrogens with one attached hydrogen (secondary N) is 1. The van der Waals surface area contributed by atoms with Gasteiger partial charge in [-0.3, -0.25) is 0 Å². The molecule has 2 heteroatoms. The van der Waals surface area contributed by atoms with E-state index in [9.17, 15) is 0 Å². The van der Waals surface area contributed by atoms with Crippen molar-refractivity contribution in [3.63, 3.8) is 0 Å². The highest BCUT2D eigenvalue weighted by molar-refractivity contribution is 4.82. The van der Waals surface area contributed by atoms with E-state index in [1.165, 1.54) is 57.9 Å². The van der Waals surface area contributed by atoms with Gasteiger partial charge in [-0.25, -0.2) is 0 Å². The molecule has 0 amide bonds. The van der Waals surface area contributed by atoms with Gasteiger partial charge >= 0.3 is 0 Å². The van der Waals surface area contributed by atoms with E-state index < -0.39 is 0 Å². The summed E-state index contributed by atoms with van der Waals surface area (Å²) in [4.78, 5) is 0. The van der Waals surface area contributed by atoms with Crippen molar-refractivity contribution in [2.24, 2.45) is 11.8 Å². The Bertz CT molecular complexity index is 219. The molecule has 2 nitrogen and oxygen atoms in total. The van der Waals surface area contributed by atoms with Gasteiger partial charge in [-0.15, -0.1) is 0 Å². The summed E-state index contributed by atoms with van der Waals surface area (Å²) in [5.41, 5.74) is 0. The summed E-state index contributed by atoms with van der Waals surface area (Å²) < 4.78 is 5.41. The molecule has 0 saturated heterocycles. The van der Waals surface area contributed by atoms with Gasteiger partial charge in [0.25, 0.3) is 0 Å². The third-order valence-electron chi connectivity index (χ3n) is 4.91. The van der Waals surface area contributed by atoms with Crippen molar-refractivity contribution >= 4 is 0 Å². The standard InChI is InChI=1S/C17H35NO/c1-5-12-18-17(11-10-14(3)19-4)16-9-7-8-15(6-2)13-16/h14-18H,5-13H2,1-4H3. The average Bonchev–Trinajstić information content (AvgIpc) is 2.47. The molecule has 4 atom stereocenters. The molecular formula is C17H35NO. The summed E-state index contributed by atoms with van der Waals surface area (Å²) in [5, 5.41) is 3.81. The third kappa shape index (κ3) is 6.27. The SMILES string of the molecule is CCCNC(CCC(C)OC)C1CCCC(CC)C1. The lowest BCUT2D eigenvalue weighted by Crippen LogP contribution is -2.39. The van der Waals surface area contributed by atoms with Crippen LogP contribution in [0.3, 0.4) is 0 Å². The fourth-order valence-electron chi connectivity index (χ4n) is 3.44. The topological polar surface area (TPSA) is 21.3 Å². The molecule has 0 spiro atoms. The molecule has 1 aliphatic carbocycles. The predicted octanol–water partition coefficient (Wildman–Crippen LogP) is 4.39. The third-order valence-corrected chi connectivity index (χ3v) is 4.91. The minimum Gasteiger partial charge on any atom is -0.382 e. The molecule has 0 aliphatic heterocycles. The second-order valence-corrected chi connectivity index (χ2v) is 6.39. The molecule has 0 aromatic rings. The van der Waals surface area contributed by atoms with Gasteiger partial charge in [0.15, 0.2) is 0 Å². The van der Waals surface area contributed by atoms with Crippen molar-refractivity contribution in [2.45, 2.75) is 84.3 Å². The van der Waals surface area contributed by atoms with Crippen LogP contribution in [0, 0.1) is 11.8 Å². The molecular weight excluding hydrogens is 234 g/mol. The highest BCUT2D eigenvalue weighted by Crippen LogP contribution is 2.34. The maximum absolute atomic E-state index is 5.41. The van der Waals surface area contributed by atoms with E-state index in [1.807, 2.05) is 7.11 Å². The zero-order valence-corrected chi connectivity index (χ0v) is 13.6. The van der Waals surface area contributed by atoms with E-state index in [0.717, 1.165) is 11.8 Å². The van der Waals surface area contributed by atoms with E-state index in [-0.39, 0.29) is 0 Å². The number of hydrogen-bond donors (Lipinski definition) is 1. The van der Waals surface area contributed by atoms with Crippen molar-refractivity contribution < 1.29 is 4.74 Å². The predicted molar refractivity (Wildman–Crippen MR) is 83.5 cm³/mol. The summed E-state index contributed by atoms with van der Waals surface area (Å²) in [6, 6.07) is 0.715. The molecule has 1 fully saturated rings. The van der Waals surface area contributed by atoms with Crippen molar-refractivity contribution in [1.29, 1.82) is 0 Å². The van der Waals surface area contributed by atoms with Crippen LogP contribution in [-0.2, 0) is 4.74 Å². The second-order valence-electron chi connectivity index (χ2n) is 6.39. The van der Waals surface area contributed by atoms with E-state index in [1.54, 1.807) is 0 Å². The minimum absolute atomic E-state index is 0.400. The van der Waals surface area contributed by atoms with Gasteiger partial charge in [-0.1, -0.05) is 33.1 Å². The van der Waals surface area contributed by atoms with E-state index >= 15 is 0 Å². The van der Waals surface area contributed by atoms with Crippen LogP contribution >= 0.6 is 0 Å². The smallest absolute Gasteiger partial charge is 0.0543 e. The Labute approximate surface area is 120 Å². The van der Waals surface area contributed by atoms with Crippen LogP contribution in [0.5, 0.6) is 0 Å². The Morgan fingerprint density at radius 3 is 2.63 bits per heavy atom. The van der Waals surface area contributed by atoms with Gasteiger partial charge in [-0.2, -0.15) is 0 Å². The first-order valence-electron chi connectivity index (χ1n) is 8.47. The molecule has 0 radical (unpaired) electrons. The zero-order valence-electron chi connectivity index (χ0n) is 13.6. The second kappa shape index (κ2) is 9.77. The van der Waals surface area contributed by atoms with Crippen LogP contribution in [0.25, 0.3) is 0 Å². The molecule has 1 rings (SSSR count). The number of ether oxygens (including phenoxy) is 1. The van der Waals surface area contributed by atoms with E-state index in [0.29, 0.717) is 12.1 Å². The van der Waals surface area contributed by atoms with Crippen LogP contribution < -0.4 is 5.32 Å². The first kappa shape index (κ1) is 17.0. The number of hydrogen-bond acceptors (Lipinski definition) is 2. The molecule has 1 aliphatic rings. The highest BCUT2D eigenvalue weighted by Gasteiger charge is 2.27. The molecule has 1 saturated carbocycles. The van der Waals surface area contributed by atoms with Crippen molar-refractivity contribution in [3.05, 3.63) is 0 Å². The average molecular weight is 269 g/mol. The van der Waals surface area contributed by atoms with E-state index in [4.69, 9.17) is 4.74 Å². The zero-order chi connectivity index (χ0) is 14.1. The highest BCUT2D eigenvalue weighted by atomic mass is 16.5. The van der Waals surface area contributed by atoms with Crippen molar-refractivity contribution in [1.82, 2.24) is 5.32 Å². The van der Waals surface area contributed by atoms with Gasteiger partial charge in [0.05, 0.1) is 6.10 Å². The lowest BCUT2D eigenvalue weighted by molar-refractivity contribution is 0.0991. The molecule has 0 heterocycles. The maximum Gasteiger partial charge on any atom is 0.0543 e. The monoisotopic (exact) mass is 269 g/mol. The fraction of sp³-hybridized carbons (Fsp3) is 1.00. The Hall–Kier alpha value is -0.0800. The molecule has 0 aromatic heterocycles. The quantitative estimate of drug-likeness (QED) is 0.670. The van der Waals surface area contributed by atoms with Crippen molar-refractivity contribution in [3.8, 4) is 0 Å². The maximum atomic E-state index is 5.41. The van der Waals surface area contributed by atoms with Gasteiger partial charge in [-0.05, 0) is 57.4 Å². The first-order valence-corrected chi connectivity index (χ1v) is 8.47. The van der Waals surface area contributed by atoms with Crippen LogP contribution in [-0.4, -0.2) is 25.8 Å². The van der Waals surface area contributed by atoms with Gasteiger partial charge in [0.1, 0.15) is 0 Å². The van der Waals surface area contributed by atoms with Crippen LogP contribution in [0.2, 0.25) is 0 Å². The van der Waals surface area contributed by atoms with Crippen LogP contribution in [0.1, 0.15) is 72.1 Å². The van der Waals surface area contributed by atoms with Crippen LogP contribution in [0.4, 0.5) is 0 Å². The molecule has 0 bridgehead atoms. The Kier molecular flexibility index (Phi) is 8.72.